The summed E-state index contributed by atoms with van der Waals surface area (Å²) in [5.41, 5.74) is 2.15. The van der Waals surface area contributed by atoms with Gasteiger partial charge < -0.3 is 4.74 Å². The van der Waals surface area contributed by atoms with Crippen molar-refractivity contribution in [2.75, 3.05) is 7.11 Å². The van der Waals surface area contributed by atoms with Gasteiger partial charge in [0.05, 0.1) is 6.61 Å². The molecule has 1 N–H and O–H groups in total. The predicted octanol–water partition coefficient (Wildman–Crippen LogP) is 2.38. The summed E-state index contributed by atoms with van der Waals surface area (Å²) in [5.74, 6) is -0.416. The van der Waals surface area contributed by atoms with Crippen molar-refractivity contribution in [3.63, 3.8) is 0 Å². The zero-order valence-electron chi connectivity index (χ0n) is 12.0. The first-order chi connectivity index (χ1) is 9.65. The van der Waals surface area contributed by atoms with Crippen LogP contribution in [-0.4, -0.2) is 18.9 Å². The molecule has 1 aromatic rings. The Labute approximate surface area is 119 Å². The normalized spacial score (nSPS) is 22.7. The van der Waals surface area contributed by atoms with Crippen molar-refractivity contribution in [3.05, 3.63) is 35.4 Å². The summed E-state index contributed by atoms with van der Waals surface area (Å²) in [6.07, 6.45) is 2.13. The minimum atomic E-state index is -0.173. The maximum absolute atomic E-state index is 12.0. The molecule has 0 aliphatic carbocycles. The van der Waals surface area contributed by atoms with Crippen LogP contribution in [0.25, 0.3) is 0 Å². The molecular weight excluding hydrogens is 254 g/mol. The lowest BCUT2D eigenvalue weighted by Gasteiger charge is -2.30. The van der Waals surface area contributed by atoms with Crippen LogP contribution in [0.1, 0.15) is 43.2 Å². The number of carbonyl (C=O) groups excluding carboxylic acids is 2. The predicted molar refractivity (Wildman–Crippen MR) is 76.1 cm³/mol. The van der Waals surface area contributed by atoms with E-state index in [-0.39, 0.29) is 23.7 Å². The van der Waals surface area contributed by atoms with Crippen LogP contribution in [0.15, 0.2) is 24.3 Å². The highest BCUT2D eigenvalue weighted by Crippen LogP contribution is 2.34. The van der Waals surface area contributed by atoms with E-state index in [1.54, 1.807) is 7.11 Å². The molecule has 108 valence electrons. The highest BCUT2D eigenvalue weighted by atomic mass is 16.5. The largest absolute Gasteiger partial charge is 0.380 e. The number of methoxy groups -OCH3 is 1. The molecule has 0 aromatic heterocycles. The van der Waals surface area contributed by atoms with Crippen LogP contribution in [0.5, 0.6) is 0 Å². The minimum absolute atomic E-state index is 0.00667. The van der Waals surface area contributed by atoms with Crippen LogP contribution >= 0.6 is 0 Å². The number of benzene rings is 1. The van der Waals surface area contributed by atoms with Crippen molar-refractivity contribution in [2.24, 2.45) is 5.92 Å². The Morgan fingerprint density at radius 2 is 1.95 bits per heavy atom. The highest BCUT2D eigenvalue weighted by molar-refractivity contribution is 5.99. The number of hydrogen-bond acceptors (Lipinski definition) is 3. The molecule has 2 unspecified atom stereocenters. The molecule has 0 saturated carbocycles. The van der Waals surface area contributed by atoms with Gasteiger partial charge in [0.2, 0.25) is 11.8 Å². The fourth-order valence-electron chi connectivity index (χ4n) is 2.83. The summed E-state index contributed by atoms with van der Waals surface area (Å²) < 4.78 is 5.09. The van der Waals surface area contributed by atoms with Crippen LogP contribution < -0.4 is 5.32 Å². The van der Waals surface area contributed by atoms with Gasteiger partial charge in [0.25, 0.3) is 0 Å². The average molecular weight is 275 g/mol. The third-order valence-corrected chi connectivity index (χ3v) is 3.81. The molecule has 0 bridgehead atoms. The van der Waals surface area contributed by atoms with Crippen molar-refractivity contribution < 1.29 is 14.3 Å². The van der Waals surface area contributed by atoms with Crippen LogP contribution in [0, 0.1) is 5.92 Å². The van der Waals surface area contributed by atoms with E-state index in [0.717, 1.165) is 24.0 Å². The molecule has 1 heterocycles. The first kappa shape index (κ1) is 14.7. The molecule has 1 saturated heterocycles. The number of carbonyl (C=O) groups is 2. The van der Waals surface area contributed by atoms with Gasteiger partial charge in [0.1, 0.15) is 0 Å². The molecule has 20 heavy (non-hydrogen) atoms. The molecule has 1 aromatic carbocycles. The van der Waals surface area contributed by atoms with E-state index in [9.17, 15) is 9.59 Å². The third kappa shape index (κ3) is 3.25. The van der Waals surface area contributed by atoms with Gasteiger partial charge in [-0.1, -0.05) is 37.6 Å². The van der Waals surface area contributed by atoms with E-state index in [0.29, 0.717) is 13.0 Å². The smallest absolute Gasteiger partial charge is 0.230 e. The van der Waals surface area contributed by atoms with Gasteiger partial charge in [-0.25, -0.2) is 0 Å². The molecule has 2 amide bonds. The Bertz CT molecular complexity index is 481. The van der Waals surface area contributed by atoms with E-state index < -0.39 is 0 Å². The Hall–Kier alpha value is -1.68. The molecule has 1 aliphatic rings. The van der Waals surface area contributed by atoms with Gasteiger partial charge in [0.15, 0.2) is 0 Å². The molecular formula is C16H21NO3. The molecule has 2 atom stereocenters. The molecule has 2 rings (SSSR count). The van der Waals surface area contributed by atoms with Crippen LogP contribution in [0.4, 0.5) is 0 Å². The Balaban J connectivity index is 2.22. The maximum atomic E-state index is 12.0. The van der Waals surface area contributed by atoms with Crippen LogP contribution in [0.3, 0.4) is 0 Å². The first-order valence-corrected chi connectivity index (χ1v) is 7.07. The Morgan fingerprint density at radius 3 is 2.55 bits per heavy atom. The zero-order valence-corrected chi connectivity index (χ0v) is 12.0. The average Bonchev–Trinajstić information content (AvgIpc) is 2.43. The molecule has 0 spiro atoms. The number of rotatable bonds is 5. The lowest BCUT2D eigenvalue weighted by molar-refractivity contribution is -0.137. The summed E-state index contributed by atoms with van der Waals surface area (Å²) in [6, 6.07) is 8.01. The number of piperidine rings is 1. The number of ether oxygens (including phenoxy) is 1. The third-order valence-electron chi connectivity index (χ3n) is 3.81. The monoisotopic (exact) mass is 275 g/mol. The number of nitrogens with one attached hydrogen (secondary N) is 1. The fourth-order valence-corrected chi connectivity index (χ4v) is 2.83. The van der Waals surface area contributed by atoms with Crippen molar-refractivity contribution in [1.82, 2.24) is 5.32 Å². The topological polar surface area (TPSA) is 55.4 Å². The molecule has 4 heteroatoms. The second-order valence-corrected chi connectivity index (χ2v) is 5.29. The van der Waals surface area contributed by atoms with Crippen LogP contribution in [-0.2, 0) is 20.9 Å². The van der Waals surface area contributed by atoms with E-state index in [2.05, 4.69) is 12.2 Å². The second kappa shape index (κ2) is 6.66. The van der Waals surface area contributed by atoms with Crippen molar-refractivity contribution in [3.8, 4) is 0 Å². The van der Waals surface area contributed by atoms with Crippen molar-refractivity contribution in [1.29, 1.82) is 0 Å². The molecule has 0 radical (unpaired) electrons. The van der Waals surface area contributed by atoms with E-state index in [4.69, 9.17) is 4.74 Å². The lowest BCUT2D eigenvalue weighted by atomic mass is 9.78. The van der Waals surface area contributed by atoms with Gasteiger partial charge in [-0.15, -0.1) is 0 Å². The van der Waals surface area contributed by atoms with Gasteiger partial charge in [-0.2, -0.15) is 0 Å². The van der Waals surface area contributed by atoms with Crippen LogP contribution in [0.2, 0.25) is 0 Å². The van der Waals surface area contributed by atoms with E-state index >= 15 is 0 Å². The first-order valence-electron chi connectivity index (χ1n) is 7.07. The Kier molecular flexibility index (Phi) is 4.90. The summed E-state index contributed by atoms with van der Waals surface area (Å²) in [5, 5.41) is 2.45. The Morgan fingerprint density at radius 1 is 1.25 bits per heavy atom. The SMILES string of the molecule is CCCC1C(=O)NC(=O)CC1c1ccc(COC)cc1. The van der Waals surface area contributed by atoms with Crippen molar-refractivity contribution in [2.45, 2.75) is 38.7 Å². The number of amides is 2. The summed E-state index contributed by atoms with van der Waals surface area (Å²) in [7, 11) is 1.66. The minimum Gasteiger partial charge on any atom is -0.380 e. The highest BCUT2D eigenvalue weighted by Gasteiger charge is 2.35. The molecule has 1 fully saturated rings. The van der Waals surface area contributed by atoms with Gasteiger partial charge in [-0.05, 0) is 17.5 Å². The van der Waals surface area contributed by atoms with Crippen molar-refractivity contribution >= 4 is 11.8 Å². The maximum Gasteiger partial charge on any atom is 0.230 e. The number of imide groups is 1. The lowest BCUT2D eigenvalue weighted by Crippen LogP contribution is -2.44. The standard InChI is InChI=1S/C16H21NO3/c1-3-4-13-14(9-15(18)17-16(13)19)12-7-5-11(6-8-12)10-20-2/h5-8,13-14H,3-4,9-10H2,1-2H3,(H,17,18,19). The summed E-state index contributed by atoms with van der Waals surface area (Å²) >= 11 is 0. The number of hydrogen-bond donors (Lipinski definition) is 1. The molecule has 4 nitrogen and oxygen atoms in total. The van der Waals surface area contributed by atoms with E-state index in [1.807, 2.05) is 24.3 Å². The van der Waals surface area contributed by atoms with Gasteiger partial charge in [0, 0.05) is 25.4 Å². The summed E-state index contributed by atoms with van der Waals surface area (Å²) in [6.45, 7) is 2.63. The second-order valence-electron chi connectivity index (χ2n) is 5.29. The quantitative estimate of drug-likeness (QED) is 0.839. The summed E-state index contributed by atoms with van der Waals surface area (Å²) in [4.78, 5) is 23.6. The van der Waals surface area contributed by atoms with E-state index in [1.165, 1.54) is 0 Å². The van der Waals surface area contributed by atoms with Gasteiger partial charge in [-0.3, -0.25) is 14.9 Å². The van der Waals surface area contributed by atoms with Gasteiger partial charge >= 0.3 is 0 Å². The zero-order chi connectivity index (χ0) is 14.5. The fraction of sp³-hybridized carbons (Fsp3) is 0.500. The molecule has 1 aliphatic heterocycles.